The molecule has 2 aromatic rings. The lowest BCUT2D eigenvalue weighted by Gasteiger charge is -2.25. The van der Waals surface area contributed by atoms with Crippen molar-refractivity contribution in [3.05, 3.63) is 71.8 Å². The molecule has 2 rings (SSSR count). The van der Waals surface area contributed by atoms with E-state index in [0.717, 1.165) is 0 Å². The van der Waals surface area contributed by atoms with Gasteiger partial charge >= 0.3 is 0 Å². The molecule has 240 valence electrons. The quantitative estimate of drug-likeness (QED) is 0.0839. The largest absolute Gasteiger partial charge is 0.493 e. The van der Waals surface area contributed by atoms with Gasteiger partial charge in [-0.15, -0.1) is 0 Å². The van der Waals surface area contributed by atoms with Crippen LogP contribution >= 0.6 is 0 Å². The van der Waals surface area contributed by atoms with Gasteiger partial charge in [-0.2, -0.15) is 0 Å². The standard InChI is InChI=1S/C33H43NO10/c1-8-15-42-27-21-29(43-16-9-2)32(25(24(27)10-3)20-30(36)34(13-17-38-4)14-18-39-5)33(37)23-11-12-26(28(19-23)40-6)44-31(22-35)41-7/h8-9,11-12,19,21-22,31H,1-2,10,13-18,20H2,3-7H3. The van der Waals surface area contributed by atoms with Crippen LogP contribution < -0.4 is 18.9 Å². The molecule has 0 spiro atoms. The van der Waals surface area contributed by atoms with Crippen LogP contribution in [-0.2, 0) is 36.6 Å². The van der Waals surface area contributed by atoms with E-state index in [1.807, 2.05) is 6.92 Å². The van der Waals surface area contributed by atoms with Crippen LogP contribution in [0.5, 0.6) is 23.0 Å². The Balaban J connectivity index is 2.77. The molecular formula is C33H43NO10. The van der Waals surface area contributed by atoms with Gasteiger partial charge in [-0.3, -0.25) is 14.4 Å². The van der Waals surface area contributed by atoms with Crippen molar-refractivity contribution in [2.45, 2.75) is 26.1 Å². The first kappa shape index (κ1) is 36.0. The molecule has 0 aliphatic heterocycles. The number of nitrogens with zero attached hydrogens (tertiary/aromatic N) is 1. The van der Waals surface area contributed by atoms with Crippen LogP contribution in [0, 0.1) is 0 Å². The fourth-order valence-corrected chi connectivity index (χ4v) is 4.43. The van der Waals surface area contributed by atoms with Crippen molar-refractivity contribution < 1.29 is 47.5 Å². The van der Waals surface area contributed by atoms with Gasteiger partial charge in [0.2, 0.25) is 5.91 Å². The Bertz CT molecular complexity index is 1270. The highest BCUT2D eigenvalue weighted by molar-refractivity contribution is 6.13. The lowest BCUT2D eigenvalue weighted by atomic mass is 9.89. The molecule has 11 heteroatoms. The molecule has 0 saturated heterocycles. The average molecular weight is 614 g/mol. The number of amides is 1. The number of ether oxygens (including phenoxy) is 7. The van der Waals surface area contributed by atoms with Gasteiger partial charge in [-0.05, 0) is 35.7 Å². The van der Waals surface area contributed by atoms with Crippen molar-refractivity contribution in [2.24, 2.45) is 0 Å². The monoisotopic (exact) mass is 613 g/mol. The van der Waals surface area contributed by atoms with Crippen molar-refractivity contribution in [3.8, 4) is 23.0 Å². The Kier molecular flexibility index (Phi) is 15.7. The van der Waals surface area contributed by atoms with Gasteiger partial charge in [-0.25, -0.2) is 0 Å². The molecule has 0 heterocycles. The predicted molar refractivity (Wildman–Crippen MR) is 165 cm³/mol. The van der Waals surface area contributed by atoms with Gasteiger partial charge in [-0.1, -0.05) is 32.2 Å². The van der Waals surface area contributed by atoms with Gasteiger partial charge in [0.25, 0.3) is 6.29 Å². The molecular weight excluding hydrogens is 570 g/mol. The van der Waals surface area contributed by atoms with E-state index in [1.54, 1.807) is 37.3 Å². The number of carbonyl (C=O) groups excluding carboxylic acids is 3. The summed E-state index contributed by atoms with van der Waals surface area (Å²) in [7, 11) is 5.87. The summed E-state index contributed by atoms with van der Waals surface area (Å²) in [6.07, 6.45) is 2.86. The summed E-state index contributed by atoms with van der Waals surface area (Å²) in [5.41, 5.74) is 1.61. The number of ketones is 1. The second-order valence-electron chi connectivity index (χ2n) is 9.35. The zero-order valence-corrected chi connectivity index (χ0v) is 26.2. The van der Waals surface area contributed by atoms with Crippen LogP contribution in [0.3, 0.4) is 0 Å². The van der Waals surface area contributed by atoms with E-state index in [4.69, 9.17) is 33.2 Å². The number of hydrogen-bond donors (Lipinski definition) is 0. The molecule has 1 amide bonds. The molecule has 0 aliphatic carbocycles. The van der Waals surface area contributed by atoms with Crippen LogP contribution in [0.15, 0.2) is 49.6 Å². The van der Waals surface area contributed by atoms with Gasteiger partial charge in [0, 0.05) is 46.0 Å². The minimum atomic E-state index is -1.16. The molecule has 2 aromatic carbocycles. The number of benzene rings is 2. The molecule has 1 unspecified atom stereocenters. The summed E-state index contributed by atoms with van der Waals surface area (Å²) in [6, 6.07) is 6.20. The van der Waals surface area contributed by atoms with Crippen LogP contribution in [0.1, 0.15) is 34.0 Å². The van der Waals surface area contributed by atoms with Crippen molar-refractivity contribution in [1.82, 2.24) is 4.90 Å². The number of carbonyl (C=O) groups is 3. The Morgan fingerprint density at radius 1 is 0.864 bits per heavy atom. The first-order valence-electron chi connectivity index (χ1n) is 14.1. The first-order valence-corrected chi connectivity index (χ1v) is 14.1. The zero-order chi connectivity index (χ0) is 32.5. The normalized spacial score (nSPS) is 11.3. The Labute approximate surface area is 259 Å². The summed E-state index contributed by atoms with van der Waals surface area (Å²) in [5, 5.41) is 0. The fourth-order valence-electron chi connectivity index (χ4n) is 4.43. The maximum Gasteiger partial charge on any atom is 0.256 e. The Morgan fingerprint density at radius 2 is 1.50 bits per heavy atom. The summed E-state index contributed by atoms with van der Waals surface area (Å²) in [4.78, 5) is 41.0. The minimum Gasteiger partial charge on any atom is -0.493 e. The highest BCUT2D eigenvalue weighted by Gasteiger charge is 2.28. The van der Waals surface area contributed by atoms with Crippen molar-refractivity contribution in [3.63, 3.8) is 0 Å². The molecule has 0 aliphatic rings. The number of methoxy groups -OCH3 is 4. The van der Waals surface area contributed by atoms with Gasteiger partial charge in [0.15, 0.2) is 23.6 Å². The SMILES string of the molecule is C=CCOc1cc(OCC=C)c(C(=O)c2ccc(OC(C=O)OC)c(OC)c2)c(CC(=O)N(CCOC)CCOC)c1CC. The maximum atomic E-state index is 14.3. The van der Waals surface area contributed by atoms with Crippen LogP contribution in [-0.4, -0.2) is 97.1 Å². The molecule has 0 fully saturated rings. The summed E-state index contributed by atoms with van der Waals surface area (Å²) >= 11 is 0. The molecule has 44 heavy (non-hydrogen) atoms. The third kappa shape index (κ3) is 9.66. The van der Waals surface area contributed by atoms with Crippen LogP contribution in [0.25, 0.3) is 0 Å². The second-order valence-corrected chi connectivity index (χ2v) is 9.35. The van der Waals surface area contributed by atoms with E-state index in [-0.39, 0.29) is 53.9 Å². The summed E-state index contributed by atoms with van der Waals surface area (Å²) in [5.74, 6) is 0.481. The highest BCUT2D eigenvalue weighted by atomic mass is 16.7. The highest BCUT2D eigenvalue weighted by Crippen LogP contribution is 2.38. The maximum absolute atomic E-state index is 14.3. The second kappa shape index (κ2) is 19.2. The molecule has 0 saturated carbocycles. The molecule has 0 bridgehead atoms. The van der Waals surface area contributed by atoms with E-state index >= 15 is 0 Å². The molecule has 0 N–H and O–H groups in total. The van der Waals surface area contributed by atoms with Crippen molar-refractivity contribution in [2.75, 3.05) is 68.0 Å². The van der Waals surface area contributed by atoms with Crippen molar-refractivity contribution >= 4 is 18.0 Å². The van der Waals surface area contributed by atoms with E-state index in [2.05, 4.69) is 13.2 Å². The van der Waals surface area contributed by atoms with Crippen molar-refractivity contribution in [1.29, 1.82) is 0 Å². The molecule has 0 radical (unpaired) electrons. The third-order valence-electron chi connectivity index (χ3n) is 6.59. The van der Waals surface area contributed by atoms with E-state index in [0.29, 0.717) is 55.9 Å². The zero-order valence-electron chi connectivity index (χ0n) is 26.2. The number of aldehydes is 1. The third-order valence-corrected chi connectivity index (χ3v) is 6.59. The number of hydrogen-bond acceptors (Lipinski definition) is 10. The van der Waals surface area contributed by atoms with Gasteiger partial charge in [0.05, 0.1) is 32.3 Å². The number of rotatable bonds is 22. The Morgan fingerprint density at radius 3 is 2.02 bits per heavy atom. The molecule has 0 aromatic heterocycles. The first-order chi connectivity index (χ1) is 21.3. The van der Waals surface area contributed by atoms with Crippen LogP contribution in [0.2, 0.25) is 0 Å². The van der Waals surface area contributed by atoms with E-state index in [1.165, 1.54) is 32.4 Å². The minimum absolute atomic E-state index is 0.105. The lowest BCUT2D eigenvalue weighted by molar-refractivity contribution is -0.132. The van der Waals surface area contributed by atoms with Crippen LogP contribution in [0.4, 0.5) is 0 Å². The van der Waals surface area contributed by atoms with Gasteiger partial charge in [0.1, 0.15) is 24.7 Å². The van der Waals surface area contributed by atoms with Gasteiger partial charge < -0.3 is 38.1 Å². The molecule has 1 atom stereocenters. The average Bonchev–Trinajstić information content (AvgIpc) is 3.04. The fraction of sp³-hybridized carbons (Fsp3) is 0.424. The predicted octanol–water partition coefficient (Wildman–Crippen LogP) is 3.83. The summed E-state index contributed by atoms with van der Waals surface area (Å²) < 4.78 is 38.4. The topological polar surface area (TPSA) is 119 Å². The lowest BCUT2D eigenvalue weighted by Crippen LogP contribution is -2.38. The van der Waals surface area contributed by atoms with E-state index < -0.39 is 12.1 Å². The van der Waals surface area contributed by atoms with E-state index in [9.17, 15) is 14.4 Å². The smallest absolute Gasteiger partial charge is 0.256 e. The Hall–Kier alpha value is -4.19. The molecule has 11 nitrogen and oxygen atoms in total. The summed E-state index contributed by atoms with van der Waals surface area (Å²) in [6.45, 7) is 11.1.